The van der Waals surface area contributed by atoms with Gasteiger partial charge < -0.3 is 0 Å². The fourth-order valence-electron chi connectivity index (χ4n) is 1.65. The lowest BCUT2D eigenvalue weighted by molar-refractivity contribution is 0.891. The third-order valence-electron chi connectivity index (χ3n) is 2.61. The number of benzene rings is 1. The van der Waals surface area contributed by atoms with Crippen molar-refractivity contribution in [1.29, 1.82) is 5.26 Å². The van der Waals surface area contributed by atoms with Crippen molar-refractivity contribution >= 4 is 0 Å². The molecule has 0 heterocycles. The topological polar surface area (TPSA) is 23.8 Å². The molecular formula is C12H11N. The van der Waals surface area contributed by atoms with Crippen LogP contribution in [0.1, 0.15) is 18.4 Å². The molecule has 0 aromatic heterocycles. The second-order valence-electron chi connectivity index (χ2n) is 3.48. The van der Waals surface area contributed by atoms with Gasteiger partial charge in [-0.2, -0.15) is 5.26 Å². The zero-order chi connectivity index (χ0) is 9.15. The fraction of sp³-hybridized carbons (Fsp3) is 0.250. The second-order valence-corrected chi connectivity index (χ2v) is 3.48. The Kier molecular flexibility index (Phi) is 1.90. The summed E-state index contributed by atoms with van der Waals surface area (Å²) < 4.78 is 0. The molecule has 1 saturated carbocycles. The van der Waals surface area contributed by atoms with E-state index in [1.807, 2.05) is 12.1 Å². The number of rotatable bonds is 2. The number of nitriles is 1. The molecule has 64 valence electrons. The first-order valence-electron chi connectivity index (χ1n) is 4.50. The molecule has 1 nitrogen and oxygen atoms in total. The first-order valence-corrected chi connectivity index (χ1v) is 4.50. The molecule has 0 bridgehead atoms. The molecule has 1 aliphatic rings. The van der Waals surface area contributed by atoms with Gasteiger partial charge >= 0.3 is 0 Å². The second kappa shape index (κ2) is 3.06. The standard InChI is InChI=1S/C12H11N/c13-10-4-7-12(8-9-12)11-5-2-1-3-6-11/h1-7H,8-9H2. The van der Waals surface area contributed by atoms with Gasteiger partial charge in [-0.25, -0.2) is 0 Å². The summed E-state index contributed by atoms with van der Waals surface area (Å²) in [4.78, 5) is 0. The number of allylic oxidation sites excluding steroid dienone is 2. The Morgan fingerprint density at radius 3 is 2.46 bits per heavy atom. The Morgan fingerprint density at radius 2 is 1.92 bits per heavy atom. The Labute approximate surface area is 78.3 Å². The smallest absolute Gasteiger partial charge is 0.0909 e. The van der Waals surface area contributed by atoms with Crippen LogP contribution in [-0.2, 0) is 5.41 Å². The Morgan fingerprint density at radius 1 is 1.23 bits per heavy atom. The van der Waals surface area contributed by atoms with Gasteiger partial charge in [0.2, 0.25) is 0 Å². The minimum atomic E-state index is 0.191. The largest absolute Gasteiger partial charge is 0.193 e. The van der Waals surface area contributed by atoms with Crippen LogP contribution in [0, 0.1) is 11.3 Å². The lowest BCUT2D eigenvalue weighted by atomic mass is 9.96. The highest BCUT2D eigenvalue weighted by molar-refractivity contribution is 5.38. The van der Waals surface area contributed by atoms with Gasteiger partial charge in [-0.3, -0.25) is 0 Å². The summed E-state index contributed by atoms with van der Waals surface area (Å²) in [5.74, 6) is 0. The molecule has 0 amide bonds. The lowest BCUT2D eigenvalue weighted by Gasteiger charge is -2.08. The maximum Gasteiger partial charge on any atom is 0.0909 e. The van der Waals surface area contributed by atoms with Crippen molar-refractivity contribution in [2.75, 3.05) is 0 Å². The quantitative estimate of drug-likeness (QED) is 0.624. The van der Waals surface area contributed by atoms with Crippen molar-refractivity contribution in [1.82, 2.24) is 0 Å². The van der Waals surface area contributed by atoms with E-state index in [1.54, 1.807) is 6.08 Å². The predicted octanol–water partition coefficient (Wildman–Crippen LogP) is 2.80. The van der Waals surface area contributed by atoms with Gasteiger partial charge in [0.15, 0.2) is 0 Å². The summed E-state index contributed by atoms with van der Waals surface area (Å²) in [6.45, 7) is 0. The van der Waals surface area contributed by atoms with Crippen molar-refractivity contribution in [2.24, 2.45) is 0 Å². The van der Waals surface area contributed by atoms with E-state index in [0.29, 0.717) is 0 Å². The molecule has 0 saturated heterocycles. The molecule has 1 aromatic rings. The van der Waals surface area contributed by atoms with Crippen molar-refractivity contribution in [2.45, 2.75) is 18.3 Å². The highest BCUT2D eigenvalue weighted by Crippen LogP contribution is 2.49. The number of nitrogens with zero attached hydrogens (tertiary/aromatic N) is 1. The van der Waals surface area contributed by atoms with Gasteiger partial charge in [-0.05, 0) is 18.4 Å². The molecule has 0 aliphatic heterocycles. The van der Waals surface area contributed by atoms with Gasteiger partial charge in [0.25, 0.3) is 0 Å². The lowest BCUT2D eigenvalue weighted by Crippen LogP contribution is -2.00. The fourth-order valence-corrected chi connectivity index (χ4v) is 1.65. The molecule has 0 spiro atoms. The molecule has 0 radical (unpaired) electrons. The van der Waals surface area contributed by atoms with E-state index >= 15 is 0 Å². The van der Waals surface area contributed by atoms with E-state index in [1.165, 1.54) is 18.4 Å². The maximum atomic E-state index is 8.47. The molecule has 0 unspecified atom stereocenters. The van der Waals surface area contributed by atoms with E-state index in [0.717, 1.165) is 0 Å². The van der Waals surface area contributed by atoms with E-state index in [9.17, 15) is 0 Å². The number of hydrogen-bond donors (Lipinski definition) is 0. The molecular weight excluding hydrogens is 158 g/mol. The van der Waals surface area contributed by atoms with Crippen LogP contribution in [0.4, 0.5) is 0 Å². The summed E-state index contributed by atoms with van der Waals surface area (Å²) in [5.41, 5.74) is 1.53. The minimum Gasteiger partial charge on any atom is -0.193 e. The van der Waals surface area contributed by atoms with Crippen LogP contribution in [0.5, 0.6) is 0 Å². The Balaban J connectivity index is 2.27. The molecule has 0 atom stereocenters. The zero-order valence-corrected chi connectivity index (χ0v) is 7.40. The van der Waals surface area contributed by atoms with Gasteiger partial charge in [-0.1, -0.05) is 36.4 Å². The minimum absolute atomic E-state index is 0.191. The summed E-state index contributed by atoms with van der Waals surface area (Å²) in [6, 6.07) is 12.4. The predicted molar refractivity (Wildman–Crippen MR) is 52.1 cm³/mol. The summed E-state index contributed by atoms with van der Waals surface area (Å²) in [6.07, 6.45) is 5.98. The van der Waals surface area contributed by atoms with Crippen molar-refractivity contribution in [3.63, 3.8) is 0 Å². The zero-order valence-electron chi connectivity index (χ0n) is 7.40. The van der Waals surface area contributed by atoms with Crippen LogP contribution < -0.4 is 0 Å². The Hall–Kier alpha value is -1.55. The van der Waals surface area contributed by atoms with Crippen molar-refractivity contribution in [3.8, 4) is 6.07 Å². The molecule has 13 heavy (non-hydrogen) atoms. The van der Waals surface area contributed by atoms with Crippen LogP contribution in [0.3, 0.4) is 0 Å². The average molecular weight is 169 g/mol. The molecule has 1 aliphatic carbocycles. The van der Waals surface area contributed by atoms with Gasteiger partial charge in [0, 0.05) is 11.5 Å². The molecule has 0 N–H and O–H groups in total. The first-order chi connectivity index (χ1) is 6.37. The molecule has 2 rings (SSSR count). The highest BCUT2D eigenvalue weighted by Gasteiger charge is 2.41. The molecule has 1 aromatic carbocycles. The summed E-state index contributed by atoms with van der Waals surface area (Å²) in [5, 5.41) is 8.47. The van der Waals surface area contributed by atoms with Crippen LogP contribution in [-0.4, -0.2) is 0 Å². The SMILES string of the molecule is N#CC=CC1(c2ccccc2)CC1. The van der Waals surface area contributed by atoms with Crippen LogP contribution >= 0.6 is 0 Å². The van der Waals surface area contributed by atoms with Crippen LogP contribution in [0.25, 0.3) is 0 Å². The van der Waals surface area contributed by atoms with Gasteiger partial charge in [0.1, 0.15) is 0 Å². The third kappa shape index (κ3) is 1.48. The first kappa shape index (κ1) is 8.07. The van der Waals surface area contributed by atoms with Crippen molar-refractivity contribution < 1.29 is 0 Å². The normalized spacial score (nSPS) is 18.4. The molecule has 1 fully saturated rings. The number of hydrogen-bond acceptors (Lipinski definition) is 1. The van der Waals surface area contributed by atoms with Crippen LogP contribution in [0.2, 0.25) is 0 Å². The summed E-state index contributed by atoms with van der Waals surface area (Å²) in [7, 11) is 0. The van der Waals surface area contributed by atoms with E-state index in [4.69, 9.17) is 5.26 Å². The van der Waals surface area contributed by atoms with Gasteiger partial charge in [-0.15, -0.1) is 0 Å². The average Bonchev–Trinajstić information content (AvgIpc) is 2.97. The van der Waals surface area contributed by atoms with E-state index < -0.39 is 0 Å². The Bertz CT molecular complexity index is 352. The van der Waals surface area contributed by atoms with Crippen molar-refractivity contribution in [3.05, 3.63) is 48.0 Å². The maximum absolute atomic E-state index is 8.47. The highest BCUT2D eigenvalue weighted by atomic mass is 14.4. The third-order valence-corrected chi connectivity index (χ3v) is 2.61. The molecule has 1 heteroatoms. The van der Waals surface area contributed by atoms with E-state index in [-0.39, 0.29) is 5.41 Å². The van der Waals surface area contributed by atoms with Crippen LogP contribution in [0.15, 0.2) is 42.5 Å². The van der Waals surface area contributed by atoms with Gasteiger partial charge in [0.05, 0.1) is 6.07 Å². The van der Waals surface area contributed by atoms with E-state index in [2.05, 4.69) is 30.3 Å². The monoisotopic (exact) mass is 169 g/mol. The summed E-state index contributed by atoms with van der Waals surface area (Å²) >= 11 is 0.